The Morgan fingerprint density at radius 2 is 1.75 bits per heavy atom. The first-order chi connectivity index (χ1) is 25.4. The molecule has 8 rings (SSSR count). The van der Waals surface area contributed by atoms with E-state index in [0.29, 0.717) is 35.8 Å². The van der Waals surface area contributed by atoms with E-state index in [1.165, 1.54) is 11.0 Å². The van der Waals surface area contributed by atoms with E-state index in [2.05, 4.69) is 84.7 Å². The zero-order chi connectivity index (χ0) is 37.2. The molecule has 1 aliphatic carbocycles. The fourth-order valence-corrected chi connectivity index (χ4v) is 8.86. The Kier molecular flexibility index (Phi) is 8.55. The fourth-order valence-electron chi connectivity index (χ4n) is 8.86. The second-order valence-electron chi connectivity index (χ2n) is 16.0. The summed E-state index contributed by atoms with van der Waals surface area (Å²) < 4.78 is 15.7. The number of anilines is 3. The number of nitrogens with zero attached hydrogens (tertiary/aromatic N) is 5. The van der Waals surface area contributed by atoms with Gasteiger partial charge in [-0.15, -0.1) is 0 Å². The van der Waals surface area contributed by atoms with E-state index in [1.807, 2.05) is 11.8 Å². The topological polar surface area (TPSA) is 118 Å². The Morgan fingerprint density at radius 1 is 1.02 bits per heavy atom. The molecule has 274 valence electrons. The molecule has 4 aliphatic heterocycles. The third-order valence-electron chi connectivity index (χ3n) is 12.1. The predicted octanol–water partition coefficient (Wildman–Crippen LogP) is 6.77. The van der Waals surface area contributed by atoms with Crippen molar-refractivity contribution in [2.45, 2.75) is 95.7 Å². The minimum Gasteiger partial charge on any atom is -0.389 e. The Morgan fingerprint density at radius 3 is 2.40 bits per heavy atom. The van der Waals surface area contributed by atoms with Gasteiger partial charge in [0.05, 0.1) is 28.8 Å². The number of hydrogen-bond acceptors (Lipinski definition) is 8. The predicted molar refractivity (Wildman–Crippen MR) is 200 cm³/mol. The number of nitriles is 1. The Bertz CT molecular complexity index is 2080. The highest BCUT2D eigenvalue weighted by molar-refractivity contribution is 6.05. The van der Waals surface area contributed by atoms with Crippen molar-refractivity contribution in [3.05, 3.63) is 88.2 Å². The molecule has 3 aromatic rings. The maximum absolute atomic E-state index is 15.7. The molecule has 1 saturated carbocycles. The summed E-state index contributed by atoms with van der Waals surface area (Å²) in [5, 5.41) is 16.5. The quantitative estimate of drug-likeness (QED) is 0.256. The Labute approximate surface area is 309 Å². The molecular formula is C42H45FN6O4. The average molecular weight is 717 g/mol. The molecule has 3 amide bonds. The summed E-state index contributed by atoms with van der Waals surface area (Å²) in [4.78, 5) is 49.4. The van der Waals surface area contributed by atoms with Gasteiger partial charge in [-0.25, -0.2) is 4.39 Å². The Hall–Kier alpha value is -5.24. The molecule has 3 fully saturated rings. The highest BCUT2D eigenvalue weighted by atomic mass is 19.1. The summed E-state index contributed by atoms with van der Waals surface area (Å²) in [6.07, 6.45) is 3.87. The van der Waals surface area contributed by atoms with Crippen LogP contribution in [0.5, 0.6) is 0 Å². The van der Waals surface area contributed by atoms with Crippen LogP contribution in [0.1, 0.15) is 97.8 Å². The highest BCUT2D eigenvalue weighted by Crippen LogP contribution is 2.48. The van der Waals surface area contributed by atoms with Crippen LogP contribution in [0.25, 0.3) is 0 Å². The smallest absolute Gasteiger partial charge is 0.255 e. The van der Waals surface area contributed by atoms with Crippen LogP contribution < -0.4 is 15.1 Å². The Balaban J connectivity index is 1.03. The minimum atomic E-state index is -0.741. The van der Waals surface area contributed by atoms with Gasteiger partial charge in [0.15, 0.2) is 0 Å². The molecule has 2 atom stereocenters. The SMILES string of the molecule is CC1=NOC(C)(C)C1c1ccc(C)c(N(CC2CCN(c3cc4c(cc3F)CN(C3CCC(=O)NC3=O)C4=O)CC2)c2ccc(C3(C#N)CC3)cc2)c1. The van der Waals surface area contributed by atoms with Gasteiger partial charge in [-0.3, -0.25) is 19.7 Å². The van der Waals surface area contributed by atoms with Crippen LogP contribution in [0.3, 0.4) is 0 Å². The summed E-state index contributed by atoms with van der Waals surface area (Å²) in [6.45, 7) is 10.4. The van der Waals surface area contributed by atoms with Crippen molar-refractivity contribution in [2.75, 3.05) is 29.4 Å². The molecule has 0 aromatic heterocycles. The largest absolute Gasteiger partial charge is 0.389 e. The van der Waals surface area contributed by atoms with Gasteiger partial charge < -0.3 is 19.5 Å². The van der Waals surface area contributed by atoms with Gasteiger partial charge in [0, 0.05) is 49.5 Å². The average Bonchev–Trinajstić information content (AvgIpc) is 3.81. The van der Waals surface area contributed by atoms with Gasteiger partial charge in [-0.05, 0) is 118 Å². The normalized spacial score (nSPS) is 23.2. The molecule has 0 radical (unpaired) electrons. The van der Waals surface area contributed by atoms with E-state index in [4.69, 9.17) is 4.84 Å². The summed E-state index contributed by atoms with van der Waals surface area (Å²) in [7, 11) is 0. The van der Waals surface area contributed by atoms with Gasteiger partial charge in [-0.2, -0.15) is 5.26 Å². The summed E-state index contributed by atoms with van der Waals surface area (Å²) in [6, 6.07) is 19.9. The molecule has 53 heavy (non-hydrogen) atoms. The molecule has 10 nitrogen and oxygen atoms in total. The lowest BCUT2D eigenvalue weighted by atomic mass is 9.81. The van der Waals surface area contributed by atoms with E-state index in [9.17, 15) is 19.6 Å². The molecule has 2 unspecified atom stereocenters. The first-order valence-corrected chi connectivity index (χ1v) is 18.7. The van der Waals surface area contributed by atoms with Crippen molar-refractivity contribution in [1.82, 2.24) is 10.2 Å². The second-order valence-corrected chi connectivity index (χ2v) is 16.0. The summed E-state index contributed by atoms with van der Waals surface area (Å²) >= 11 is 0. The maximum atomic E-state index is 15.7. The van der Waals surface area contributed by atoms with Gasteiger partial charge in [0.1, 0.15) is 17.5 Å². The third kappa shape index (κ3) is 6.22. The number of oxime groups is 1. The van der Waals surface area contributed by atoms with Crippen LogP contribution in [0.15, 0.2) is 59.8 Å². The van der Waals surface area contributed by atoms with E-state index in [-0.39, 0.29) is 48.4 Å². The van der Waals surface area contributed by atoms with Crippen molar-refractivity contribution in [1.29, 1.82) is 5.26 Å². The van der Waals surface area contributed by atoms with Crippen LogP contribution in [-0.2, 0) is 26.4 Å². The molecule has 1 N–H and O–H groups in total. The fraction of sp³-hybridized carbons (Fsp3) is 0.452. The monoisotopic (exact) mass is 716 g/mol. The van der Waals surface area contributed by atoms with Crippen LogP contribution in [-0.4, -0.2) is 59.6 Å². The van der Waals surface area contributed by atoms with Gasteiger partial charge in [0.25, 0.3) is 5.91 Å². The van der Waals surface area contributed by atoms with Crippen LogP contribution in [0.2, 0.25) is 0 Å². The van der Waals surface area contributed by atoms with Crippen molar-refractivity contribution >= 4 is 40.5 Å². The van der Waals surface area contributed by atoms with E-state index < -0.39 is 17.6 Å². The van der Waals surface area contributed by atoms with Crippen LogP contribution in [0.4, 0.5) is 21.5 Å². The first-order valence-electron chi connectivity index (χ1n) is 18.7. The first kappa shape index (κ1) is 34.8. The van der Waals surface area contributed by atoms with Gasteiger partial charge in [-0.1, -0.05) is 29.4 Å². The number of fused-ring (bicyclic) bond motifs is 1. The molecular weight excluding hydrogens is 671 g/mol. The van der Waals surface area contributed by atoms with Crippen molar-refractivity contribution in [2.24, 2.45) is 11.1 Å². The number of halogens is 1. The number of carbonyl (C=O) groups is 3. The second kappa shape index (κ2) is 13.0. The molecule has 2 saturated heterocycles. The number of benzene rings is 3. The molecule has 11 heteroatoms. The lowest BCUT2D eigenvalue weighted by Gasteiger charge is -2.38. The highest BCUT2D eigenvalue weighted by Gasteiger charge is 2.45. The third-order valence-corrected chi connectivity index (χ3v) is 12.1. The van der Waals surface area contributed by atoms with Gasteiger partial charge in [0.2, 0.25) is 11.8 Å². The molecule has 4 heterocycles. The number of hydrogen-bond donors (Lipinski definition) is 1. The molecule has 0 spiro atoms. The number of amides is 3. The number of piperidine rings is 2. The van der Waals surface area contributed by atoms with E-state index in [0.717, 1.165) is 66.0 Å². The number of nitrogens with one attached hydrogen (secondary N) is 1. The number of imide groups is 1. The standard InChI is InChI=1S/C42H45FN6O4/c1-25-5-6-28(38-26(2)46-53-41(38,3)4)20-35(25)48(31-9-7-30(8-10-31)42(24-44)15-16-42)22-27-13-17-47(18-14-27)36-21-32-29(19-33(36)43)23-49(40(32)52)34-11-12-37(50)45-39(34)51/h5-10,19-21,27,34,38H,11-18,22-23H2,1-4H3,(H,45,50,51). The molecule has 5 aliphatic rings. The van der Waals surface area contributed by atoms with Crippen molar-refractivity contribution in [3.8, 4) is 6.07 Å². The van der Waals surface area contributed by atoms with E-state index in [1.54, 1.807) is 6.07 Å². The lowest BCUT2D eigenvalue weighted by Crippen LogP contribution is -2.52. The van der Waals surface area contributed by atoms with Crippen molar-refractivity contribution < 1.29 is 23.6 Å². The molecule has 0 bridgehead atoms. The maximum Gasteiger partial charge on any atom is 0.255 e. The zero-order valence-electron chi connectivity index (χ0n) is 30.7. The minimum absolute atomic E-state index is 0.0184. The lowest BCUT2D eigenvalue weighted by molar-refractivity contribution is -0.136. The summed E-state index contributed by atoms with van der Waals surface area (Å²) in [5.74, 6) is -1.18. The zero-order valence-corrected chi connectivity index (χ0v) is 30.7. The number of aryl methyl sites for hydroxylation is 1. The van der Waals surface area contributed by atoms with E-state index >= 15 is 4.39 Å². The van der Waals surface area contributed by atoms with Crippen LogP contribution >= 0.6 is 0 Å². The van der Waals surface area contributed by atoms with Crippen molar-refractivity contribution in [3.63, 3.8) is 0 Å². The van der Waals surface area contributed by atoms with Gasteiger partial charge >= 0.3 is 0 Å². The van der Waals surface area contributed by atoms with Crippen LogP contribution in [0, 0.1) is 30.0 Å². The number of carbonyl (C=O) groups excluding carboxylic acids is 3. The number of rotatable bonds is 8. The molecule has 3 aromatic carbocycles. The summed E-state index contributed by atoms with van der Waals surface area (Å²) in [5.41, 5.74) is 7.02.